The van der Waals surface area contributed by atoms with Crippen molar-refractivity contribution >= 4 is 5.91 Å². The van der Waals surface area contributed by atoms with Crippen LogP contribution in [-0.2, 0) is 9.53 Å². The van der Waals surface area contributed by atoms with Crippen molar-refractivity contribution in [3.8, 4) is 0 Å². The molecule has 2 saturated heterocycles. The van der Waals surface area contributed by atoms with E-state index in [1.807, 2.05) is 0 Å². The Morgan fingerprint density at radius 1 is 1.05 bits per heavy atom. The Morgan fingerprint density at radius 2 is 1.76 bits per heavy atom. The van der Waals surface area contributed by atoms with Crippen molar-refractivity contribution in [1.82, 2.24) is 9.80 Å². The molecule has 2 N–H and O–H groups in total. The van der Waals surface area contributed by atoms with Crippen molar-refractivity contribution in [2.24, 2.45) is 17.6 Å². The lowest BCUT2D eigenvalue weighted by atomic mass is 9.81. The number of ether oxygens (including phenoxy) is 1. The summed E-state index contributed by atoms with van der Waals surface area (Å²) in [7, 11) is 0. The summed E-state index contributed by atoms with van der Waals surface area (Å²) in [6.45, 7) is 6.38. The maximum absolute atomic E-state index is 12.7. The van der Waals surface area contributed by atoms with Crippen LogP contribution in [-0.4, -0.2) is 67.7 Å². The number of hydrogen-bond donors (Lipinski definition) is 1. The summed E-state index contributed by atoms with van der Waals surface area (Å²) in [6, 6.07) is 0.554. The maximum Gasteiger partial charge on any atom is 0.225 e. The summed E-state index contributed by atoms with van der Waals surface area (Å²) < 4.78 is 5.42. The summed E-state index contributed by atoms with van der Waals surface area (Å²) >= 11 is 0. The van der Waals surface area contributed by atoms with Gasteiger partial charge in [0.1, 0.15) is 0 Å². The van der Waals surface area contributed by atoms with Crippen LogP contribution in [0.4, 0.5) is 0 Å². The van der Waals surface area contributed by atoms with Gasteiger partial charge in [0.25, 0.3) is 0 Å². The van der Waals surface area contributed by atoms with Crippen molar-refractivity contribution in [2.75, 3.05) is 45.9 Å². The number of nitrogens with zero attached hydrogens (tertiary/aromatic N) is 2. The van der Waals surface area contributed by atoms with Crippen LogP contribution in [0, 0.1) is 11.8 Å². The molecule has 0 aromatic carbocycles. The van der Waals surface area contributed by atoms with Crippen molar-refractivity contribution in [2.45, 2.75) is 38.1 Å². The second-order valence-corrected chi connectivity index (χ2v) is 6.83. The number of likely N-dealkylation sites (tertiary alicyclic amines) is 1. The molecule has 1 aliphatic carbocycles. The van der Waals surface area contributed by atoms with E-state index in [0.29, 0.717) is 17.9 Å². The van der Waals surface area contributed by atoms with Gasteiger partial charge in [-0.2, -0.15) is 0 Å². The third-order valence-corrected chi connectivity index (χ3v) is 5.57. The highest BCUT2D eigenvalue weighted by Gasteiger charge is 2.35. The van der Waals surface area contributed by atoms with Gasteiger partial charge in [0, 0.05) is 38.1 Å². The van der Waals surface area contributed by atoms with E-state index < -0.39 is 0 Å². The van der Waals surface area contributed by atoms with Gasteiger partial charge in [0.15, 0.2) is 0 Å². The monoisotopic (exact) mass is 295 g/mol. The smallest absolute Gasteiger partial charge is 0.225 e. The highest BCUT2D eigenvalue weighted by molar-refractivity contribution is 5.79. The van der Waals surface area contributed by atoms with Gasteiger partial charge < -0.3 is 15.4 Å². The molecule has 0 bridgehead atoms. The van der Waals surface area contributed by atoms with Crippen LogP contribution >= 0.6 is 0 Å². The zero-order valence-electron chi connectivity index (χ0n) is 13.0. The van der Waals surface area contributed by atoms with Gasteiger partial charge in [0.05, 0.1) is 13.2 Å². The molecular formula is C16H29N3O2. The molecule has 120 valence electrons. The number of rotatable bonds is 3. The first-order valence-corrected chi connectivity index (χ1v) is 8.58. The minimum atomic E-state index is 0.260. The van der Waals surface area contributed by atoms with E-state index in [9.17, 15) is 4.79 Å². The van der Waals surface area contributed by atoms with E-state index >= 15 is 0 Å². The third-order valence-electron chi connectivity index (χ3n) is 5.57. The molecule has 3 fully saturated rings. The van der Waals surface area contributed by atoms with Crippen LogP contribution in [0.5, 0.6) is 0 Å². The van der Waals surface area contributed by atoms with Gasteiger partial charge >= 0.3 is 0 Å². The molecule has 0 spiro atoms. The number of carbonyl (C=O) groups is 1. The normalized spacial score (nSPS) is 35.1. The van der Waals surface area contributed by atoms with Crippen LogP contribution in [0.1, 0.15) is 32.1 Å². The lowest BCUT2D eigenvalue weighted by Crippen LogP contribution is -2.45. The molecule has 2 aliphatic heterocycles. The fraction of sp³-hybridized carbons (Fsp3) is 0.938. The number of hydrogen-bond acceptors (Lipinski definition) is 4. The minimum absolute atomic E-state index is 0.260. The summed E-state index contributed by atoms with van der Waals surface area (Å²) in [6.07, 6.45) is 5.48. The van der Waals surface area contributed by atoms with Crippen LogP contribution in [0.2, 0.25) is 0 Å². The van der Waals surface area contributed by atoms with Crippen molar-refractivity contribution in [1.29, 1.82) is 0 Å². The molecule has 3 aliphatic rings. The average Bonchev–Trinajstić information content (AvgIpc) is 3.05. The van der Waals surface area contributed by atoms with Crippen LogP contribution < -0.4 is 5.73 Å². The number of morpholine rings is 1. The molecule has 0 aromatic rings. The molecule has 21 heavy (non-hydrogen) atoms. The van der Waals surface area contributed by atoms with Gasteiger partial charge in [-0.3, -0.25) is 9.69 Å². The van der Waals surface area contributed by atoms with Crippen molar-refractivity contribution < 1.29 is 9.53 Å². The Kier molecular flexibility index (Phi) is 5.14. The molecule has 0 aromatic heterocycles. The molecule has 1 saturated carbocycles. The van der Waals surface area contributed by atoms with E-state index in [-0.39, 0.29) is 5.92 Å². The Hall–Kier alpha value is -0.650. The highest BCUT2D eigenvalue weighted by Crippen LogP contribution is 2.30. The van der Waals surface area contributed by atoms with Crippen molar-refractivity contribution in [3.63, 3.8) is 0 Å². The summed E-state index contributed by atoms with van der Waals surface area (Å²) in [4.78, 5) is 17.3. The van der Waals surface area contributed by atoms with E-state index in [4.69, 9.17) is 10.5 Å². The van der Waals surface area contributed by atoms with E-state index in [0.717, 1.165) is 78.0 Å². The first kappa shape index (κ1) is 15.3. The molecule has 2 heterocycles. The van der Waals surface area contributed by atoms with Gasteiger partial charge in [-0.25, -0.2) is 0 Å². The van der Waals surface area contributed by atoms with Crippen LogP contribution in [0.15, 0.2) is 0 Å². The lowest BCUT2D eigenvalue weighted by Gasteiger charge is -2.33. The fourth-order valence-corrected chi connectivity index (χ4v) is 4.09. The highest BCUT2D eigenvalue weighted by atomic mass is 16.5. The average molecular weight is 295 g/mol. The predicted molar refractivity (Wildman–Crippen MR) is 81.9 cm³/mol. The third kappa shape index (κ3) is 3.58. The molecule has 5 heteroatoms. The molecule has 3 rings (SSSR count). The molecular weight excluding hydrogens is 266 g/mol. The standard InChI is InChI=1S/C16H29N3O2/c17-11-13-1-3-14(4-2-13)16(20)19-6-5-15(12-19)18-7-9-21-10-8-18/h13-15H,1-12,17H2. The second-order valence-electron chi connectivity index (χ2n) is 6.83. The van der Waals surface area contributed by atoms with E-state index in [1.54, 1.807) is 0 Å². The zero-order valence-corrected chi connectivity index (χ0v) is 13.0. The van der Waals surface area contributed by atoms with Gasteiger partial charge in [-0.05, 0) is 44.6 Å². The number of amides is 1. The molecule has 1 atom stereocenters. The van der Waals surface area contributed by atoms with Crippen LogP contribution in [0.3, 0.4) is 0 Å². The summed E-state index contributed by atoms with van der Waals surface area (Å²) in [5.41, 5.74) is 5.74. The van der Waals surface area contributed by atoms with E-state index in [2.05, 4.69) is 9.80 Å². The maximum atomic E-state index is 12.7. The largest absolute Gasteiger partial charge is 0.379 e. The first-order valence-electron chi connectivity index (χ1n) is 8.58. The number of nitrogens with two attached hydrogens (primary N) is 1. The lowest BCUT2D eigenvalue weighted by molar-refractivity contribution is -0.136. The van der Waals surface area contributed by atoms with Gasteiger partial charge in [-0.15, -0.1) is 0 Å². The molecule has 1 amide bonds. The molecule has 0 radical (unpaired) electrons. The van der Waals surface area contributed by atoms with Crippen molar-refractivity contribution in [3.05, 3.63) is 0 Å². The Morgan fingerprint density at radius 3 is 2.43 bits per heavy atom. The minimum Gasteiger partial charge on any atom is -0.379 e. The quantitative estimate of drug-likeness (QED) is 0.832. The van der Waals surface area contributed by atoms with Crippen LogP contribution in [0.25, 0.3) is 0 Å². The Labute approximate surface area is 127 Å². The summed E-state index contributed by atoms with van der Waals surface area (Å²) in [5.74, 6) is 1.31. The molecule has 5 nitrogen and oxygen atoms in total. The number of carbonyl (C=O) groups excluding carboxylic acids is 1. The Balaban J connectivity index is 1.48. The zero-order chi connectivity index (χ0) is 14.7. The second kappa shape index (κ2) is 7.07. The predicted octanol–water partition coefficient (Wildman–Crippen LogP) is 0.685. The fourth-order valence-electron chi connectivity index (χ4n) is 4.09. The topological polar surface area (TPSA) is 58.8 Å². The first-order chi connectivity index (χ1) is 10.3. The summed E-state index contributed by atoms with van der Waals surface area (Å²) in [5, 5.41) is 0. The van der Waals surface area contributed by atoms with Gasteiger partial charge in [0.2, 0.25) is 5.91 Å². The SMILES string of the molecule is NCC1CCC(C(=O)N2CCC(N3CCOCC3)C2)CC1. The Bertz CT molecular complexity index is 349. The van der Waals surface area contributed by atoms with E-state index in [1.165, 1.54) is 0 Å². The van der Waals surface area contributed by atoms with Gasteiger partial charge in [-0.1, -0.05) is 0 Å². The molecule has 1 unspecified atom stereocenters.